The molecule has 0 aliphatic carbocycles. The van der Waals surface area contributed by atoms with Crippen LogP contribution in [-0.4, -0.2) is 22.1 Å². The summed E-state index contributed by atoms with van der Waals surface area (Å²) >= 11 is 0. The van der Waals surface area contributed by atoms with E-state index in [-0.39, 0.29) is 5.56 Å². The van der Waals surface area contributed by atoms with E-state index in [1.54, 1.807) is 6.07 Å². The number of ether oxygens (including phenoxy) is 1. The molecule has 0 fully saturated rings. The van der Waals surface area contributed by atoms with Crippen molar-refractivity contribution in [2.45, 2.75) is 25.8 Å². The van der Waals surface area contributed by atoms with Crippen molar-refractivity contribution in [3.05, 3.63) is 71.9 Å². The molecule has 0 bridgehead atoms. The van der Waals surface area contributed by atoms with Crippen molar-refractivity contribution in [3.63, 3.8) is 0 Å². The average molecular weight is 382 g/mol. The minimum atomic E-state index is -4.49. The van der Waals surface area contributed by atoms with Crippen LogP contribution in [0.15, 0.2) is 54.7 Å². The van der Waals surface area contributed by atoms with E-state index in [0.717, 1.165) is 13.0 Å². The second-order valence-corrected chi connectivity index (χ2v) is 5.95. The molecule has 0 N–H and O–H groups in total. The van der Waals surface area contributed by atoms with Gasteiger partial charge >= 0.3 is 6.18 Å². The molecule has 27 heavy (non-hydrogen) atoms. The van der Waals surface area contributed by atoms with Gasteiger partial charge in [-0.25, -0.2) is 13.5 Å². The van der Waals surface area contributed by atoms with Gasteiger partial charge in [0.25, 0.3) is 0 Å². The maximum Gasteiger partial charge on any atom is 0.414 e. The van der Waals surface area contributed by atoms with Crippen LogP contribution in [0.25, 0.3) is 16.9 Å². The fraction of sp³-hybridized carbons (Fsp3) is 0.211. The van der Waals surface area contributed by atoms with E-state index >= 15 is 0 Å². The van der Waals surface area contributed by atoms with E-state index < -0.39 is 30.5 Å². The van der Waals surface area contributed by atoms with Crippen molar-refractivity contribution in [3.8, 4) is 16.9 Å². The summed E-state index contributed by atoms with van der Waals surface area (Å²) in [7, 11) is 0. The lowest BCUT2D eigenvalue weighted by Gasteiger charge is -2.17. The first kappa shape index (κ1) is 19.0. The average Bonchev–Trinajstić information content (AvgIpc) is 3.08. The third-order valence-corrected chi connectivity index (χ3v) is 3.93. The van der Waals surface area contributed by atoms with Gasteiger partial charge in [0.15, 0.2) is 6.10 Å². The highest BCUT2D eigenvalue weighted by Gasteiger charge is 2.36. The number of benzene rings is 2. The smallest absolute Gasteiger partial charge is 0.364 e. The van der Waals surface area contributed by atoms with Crippen molar-refractivity contribution in [1.82, 2.24) is 9.78 Å². The Morgan fingerprint density at radius 1 is 1.00 bits per heavy atom. The van der Waals surface area contributed by atoms with E-state index in [0.29, 0.717) is 16.9 Å². The van der Waals surface area contributed by atoms with Crippen molar-refractivity contribution in [2.75, 3.05) is 0 Å². The molecular formula is C19H15F5N2O. The molecule has 0 radical (unpaired) electrons. The van der Waals surface area contributed by atoms with E-state index in [2.05, 4.69) is 5.10 Å². The summed E-state index contributed by atoms with van der Waals surface area (Å²) in [6, 6.07) is 11.1. The van der Waals surface area contributed by atoms with Gasteiger partial charge in [0.05, 0.1) is 24.2 Å². The van der Waals surface area contributed by atoms with Crippen LogP contribution < -0.4 is 0 Å². The van der Waals surface area contributed by atoms with Gasteiger partial charge in [-0.15, -0.1) is 0 Å². The second-order valence-electron chi connectivity index (χ2n) is 5.95. The van der Waals surface area contributed by atoms with E-state index in [1.165, 1.54) is 47.3 Å². The molecule has 2 aromatic carbocycles. The summed E-state index contributed by atoms with van der Waals surface area (Å²) in [5.74, 6) is -1.02. The van der Waals surface area contributed by atoms with Crippen LogP contribution in [-0.2, 0) is 11.3 Å². The first-order valence-corrected chi connectivity index (χ1v) is 8.02. The van der Waals surface area contributed by atoms with Crippen LogP contribution >= 0.6 is 0 Å². The van der Waals surface area contributed by atoms with Crippen LogP contribution in [0.2, 0.25) is 0 Å². The second kappa shape index (κ2) is 7.48. The predicted molar refractivity (Wildman–Crippen MR) is 89.2 cm³/mol. The molecule has 3 rings (SSSR count). The van der Waals surface area contributed by atoms with Gasteiger partial charge in [0, 0.05) is 5.56 Å². The number of aromatic nitrogens is 2. The Morgan fingerprint density at radius 3 is 2.37 bits per heavy atom. The molecule has 142 valence electrons. The molecule has 3 aromatic rings. The summed E-state index contributed by atoms with van der Waals surface area (Å²) < 4.78 is 71.1. The summed E-state index contributed by atoms with van der Waals surface area (Å²) in [6.07, 6.45) is -4.96. The third kappa shape index (κ3) is 4.51. The summed E-state index contributed by atoms with van der Waals surface area (Å²) in [5, 5.41) is 4.15. The van der Waals surface area contributed by atoms with E-state index in [4.69, 9.17) is 4.74 Å². The molecule has 8 heteroatoms. The molecule has 0 unspecified atom stereocenters. The van der Waals surface area contributed by atoms with Crippen LogP contribution in [0.4, 0.5) is 22.0 Å². The van der Waals surface area contributed by atoms with Gasteiger partial charge in [-0.2, -0.15) is 18.3 Å². The van der Waals surface area contributed by atoms with Gasteiger partial charge in [-0.3, -0.25) is 0 Å². The zero-order valence-corrected chi connectivity index (χ0v) is 14.2. The normalized spacial score (nSPS) is 13.0. The highest BCUT2D eigenvalue weighted by Crippen LogP contribution is 2.27. The Kier molecular flexibility index (Phi) is 5.27. The Balaban J connectivity index is 1.89. The minimum absolute atomic E-state index is 0.257. The molecule has 1 heterocycles. The summed E-state index contributed by atoms with van der Waals surface area (Å²) in [4.78, 5) is 0. The molecule has 3 nitrogen and oxygen atoms in total. The SMILES string of the molecule is C[C@@H](OCc1cc(F)cc(-c2ccnn2-c2ccc(F)cc2)c1)C(F)(F)F. The Hall–Kier alpha value is -2.74. The molecule has 0 saturated carbocycles. The third-order valence-electron chi connectivity index (χ3n) is 3.93. The van der Waals surface area contributed by atoms with Gasteiger partial charge in [0.2, 0.25) is 0 Å². The largest absolute Gasteiger partial charge is 0.414 e. The number of hydrogen-bond donors (Lipinski definition) is 0. The van der Waals surface area contributed by atoms with Gasteiger partial charge < -0.3 is 4.74 Å². The fourth-order valence-corrected chi connectivity index (χ4v) is 2.51. The molecule has 1 aromatic heterocycles. The Bertz CT molecular complexity index is 919. The first-order chi connectivity index (χ1) is 12.7. The number of hydrogen-bond acceptors (Lipinski definition) is 2. The summed E-state index contributed by atoms with van der Waals surface area (Å²) in [6.45, 7) is 0.500. The van der Waals surface area contributed by atoms with Crippen LogP contribution in [0.5, 0.6) is 0 Å². The van der Waals surface area contributed by atoms with Crippen molar-refractivity contribution >= 4 is 0 Å². The van der Waals surface area contributed by atoms with E-state index in [9.17, 15) is 22.0 Å². The molecule has 0 aliphatic heterocycles. The lowest BCUT2D eigenvalue weighted by Crippen LogP contribution is -2.28. The highest BCUT2D eigenvalue weighted by molar-refractivity contribution is 5.63. The molecule has 0 saturated heterocycles. The molecule has 1 atom stereocenters. The molecule has 0 amide bonds. The highest BCUT2D eigenvalue weighted by atomic mass is 19.4. The Labute approximate surface area is 152 Å². The fourth-order valence-electron chi connectivity index (χ4n) is 2.51. The maximum absolute atomic E-state index is 14.0. The van der Waals surface area contributed by atoms with Crippen molar-refractivity contribution in [2.24, 2.45) is 0 Å². The van der Waals surface area contributed by atoms with Gasteiger partial charge in [0.1, 0.15) is 11.6 Å². The number of rotatable bonds is 5. The molecular weight excluding hydrogens is 367 g/mol. The lowest BCUT2D eigenvalue weighted by molar-refractivity contribution is -0.217. The topological polar surface area (TPSA) is 27.1 Å². The lowest BCUT2D eigenvalue weighted by atomic mass is 10.1. The predicted octanol–water partition coefficient (Wildman–Crippen LogP) is 5.28. The van der Waals surface area contributed by atoms with Gasteiger partial charge in [-0.1, -0.05) is 0 Å². The van der Waals surface area contributed by atoms with Crippen LogP contribution in [0, 0.1) is 11.6 Å². The maximum atomic E-state index is 14.0. The quantitative estimate of drug-likeness (QED) is 0.561. The number of alkyl halides is 3. The van der Waals surface area contributed by atoms with Gasteiger partial charge in [-0.05, 0) is 61.0 Å². The number of halogens is 5. The summed E-state index contributed by atoms with van der Waals surface area (Å²) in [5.41, 5.74) is 1.73. The van der Waals surface area contributed by atoms with Crippen LogP contribution in [0.3, 0.4) is 0 Å². The first-order valence-electron chi connectivity index (χ1n) is 8.02. The standard InChI is InChI=1S/C19H15F5N2O/c1-12(19(22,23)24)27-11-13-8-14(10-16(21)9-13)18-6-7-25-26(18)17-4-2-15(20)3-5-17/h2-10,12H,11H2,1H3/t12-/m1/s1. The van der Waals surface area contributed by atoms with Crippen molar-refractivity contribution < 1.29 is 26.7 Å². The minimum Gasteiger partial charge on any atom is -0.364 e. The van der Waals surface area contributed by atoms with Crippen LogP contribution in [0.1, 0.15) is 12.5 Å². The molecule has 0 aliphatic rings. The zero-order valence-electron chi connectivity index (χ0n) is 14.2. The van der Waals surface area contributed by atoms with E-state index in [1.807, 2.05) is 0 Å². The molecule has 0 spiro atoms. The monoisotopic (exact) mass is 382 g/mol. The Morgan fingerprint density at radius 2 is 1.70 bits per heavy atom. The number of nitrogens with zero attached hydrogens (tertiary/aromatic N) is 2. The zero-order chi connectivity index (χ0) is 19.6. The van der Waals surface area contributed by atoms with Crippen molar-refractivity contribution in [1.29, 1.82) is 0 Å².